The minimum absolute atomic E-state index is 0.00410. The fraction of sp³-hybridized carbons (Fsp3) is 0. The van der Waals surface area contributed by atoms with Gasteiger partial charge >= 0.3 is 0 Å². The Bertz CT molecular complexity index is 3050. The highest BCUT2D eigenvalue weighted by molar-refractivity contribution is 6.19. The lowest BCUT2D eigenvalue weighted by Crippen LogP contribution is -1.96. The normalized spacial score (nSPS) is 15.1. The maximum atomic E-state index is 9.97. The third-order valence-electron chi connectivity index (χ3n) is 8.02. The molecule has 0 aliphatic rings. The van der Waals surface area contributed by atoms with Crippen molar-refractivity contribution >= 4 is 43.6 Å². The molecule has 44 heavy (non-hydrogen) atoms. The number of benzene rings is 7. The van der Waals surface area contributed by atoms with Crippen LogP contribution < -0.4 is 0 Å². The topological polar surface area (TPSA) is 9.86 Å². The van der Waals surface area contributed by atoms with Crippen molar-refractivity contribution in [2.75, 3.05) is 0 Å². The Morgan fingerprint density at radius 1 is 0.341 bits per heavy atom. The van der Waals surface area contributed by atoms with Crippen molar-refractivity contribution in [3.8, 4) is 33.6 Å². The van der Waals surface area contributed by atoms with Crippen LogP contribution in [0.2, 0.25) is 0 Å². The van der Waals surface area contributed by atoms with E-state index in [-0.39, 0.29) is 110 Å². The van der Waals surface area contributed by atoms with Gasteiger partial charge in [0.1, 0.15) is 0 Å². The SMILES string of the molecule is [2H]c1ccc(-c2cc([2H])c(-n3c4c([2H])cc([2H])c([2H])c4c4c([2H])c5c6c([2H])c([2H])cc([2H])c6n(-c6ccc(-c7ccccc7)cc6)c5c([2H])c43)c([2H])c2)cc1. The van der Waals surface area contributed by atoms with Crippen molar-refractivity contribution in [1.29, 1.82) is 0 Å². The van der Waals surface area contributed by atoms with Crippen LogP contribution in [0.4, 0.5) is 0 Å². The van der Waals surface area contributed by atoms with Crippen LogP contribution in [-0.2, 0) is 0 Å². The smallest absolute Gasteiger partial charge is 0.0668 e. The molecule has 2 heterocycles. The molecule has 7 aromatic carbocycles. The molecule has 0 bridgehead atoms. The fourth-order valence-corrected chi connectivity index (χ4v) is 5.97. The number of nitrogens with zero attached hydrogens (tertiary/aromatic N) is 2. The summed E-state index contributed by atoms with van der Waals surface area (Å²) in [6.07, 6.45) is 0. The average molecular weight is 572 g/mol. The summed E-state index contributed by atoms with van der Waals surface area (Å²) in [5, 5.41) is 0.285. The van der Waals surface area contributed by atoms with Gasteiger partial charge in [-0.15, -0.1) is 0 Å². The molecule has 206 valence electrons. The van der Waals surface area contributed by atoms with E-state index in [0.29, 0.717) is 22.9 Å². The Balaban J connectivity index is 1.46. The quantitative estimate of drug-likeness (QED) is 0.199. The highest BCUT2D eigenvalue weighted by atomic mass is 15.0. The van der Waals surface area contributed by atoms with Gasteiger partial charge in [0.15, 0.2) is 0 Å². The van der Waals surface area contributed by atoms with Crippen LogP contribution in [0.1, 0.15) is 15.1 Å². The Morgan fingerprint density at radius 3 is 1.48 bits per heavy atom. The minimum atomic E-state index is -0.305. The van der Waals surface area contributed by atoms with E-state index >= 15 is 0 Å². The van der Waals surface area contributed by atoms with Gasteiger partial charge in [0.05, 0.1) is 37.1 Å². The first kappa shape index (κ1) is 16.1. The molecule has 2 heteroatoms. The first-order chi connectivity index (χ1) is 26.4. The van der Waals surface area contributed by atoms with Gasteiger partial charge < -0.3 is 9.13 Å². The van der Waals surface area contributed by atoms with Gasteiger partial charge in [0.2, 0.25) is 0 Å². The van der Waals surface area contributed by atoms with Gasteiger partial charge in [-0.25, -0.2) is 0 Å². The molecule has 0 amide bonds. The lowest BCUT2D eigenvalue weighted by molar-refractivity contribution is 1.16. The van der Waals surface area contributed by atoms with Crippen molar-refractivity contribution in [3.63, 3.8) is 0 Å². The molecular weight excluding hydrogens is 532 g/mol. The van der Waals surface area contributed by atoms with Crippen molar-refractivity contribution in [3.05, 3.63) is 170 Å². The molecule has 2 nitrogen and oxygen atoms in total. The zero-order chi connectivity index (χ0) is 38.6. The van der Waals surface area contributed by atoms with Gasteiger partial charge in [0, 0.05) is 32.9 Å². The van der Waals surface area contributed by atoms with Crippen LogP contribution >= 0.6 is 0 Å². The van der Waals surface area contributed by atoms with Crippen molar-refractivity contribution < 1.29 is 15.1 Å². The van der Waals surface area contributed by atoms with Gasteiger partial charge in [-0.2, -0.15) is 0 Å². The predicted molar refractivity (Wildman–Crippen MR) is 186 cm³/mol. The number of para-hydroxylation sites is 2. The molecule has 0 N–H and O–H groups in total. The summed E-state index contributed by atoms with van der Waals surface area (Å²) in [6, 6.07) is 27.7. The zero-order valence-electron chi connectivity index (χ0n) is 34.2. The van der Waals surface area contributed by atoms with Gasteiger partial charge in [-0.3, -0.25) is 0 Å². The fourth-order valence-electron chi connectivity index (χ4n) is 5.97. The third kappa shape index (κ3) is 3.82. The minimum Gasteiger partial charge on any atom is -0.309 e. The largest absolute Gasteiger partial charge is 0.309 e. The summed E-state index contributed by atoms with van der Waals surface area (Å²) in [5.74, 6) is 0. The summed E-state index contributed by atoms with van der Waals surface area (Å²) >= 11 is 0. The zero-order valence-corrected chi connectivity index (χ0v) is 23.2. The van der Waals surface area contributed by atoms with E-state index < -0.39 is 0 Å². The number of fused-ring (bicyclic) bond motifs is 6. The van der Waals surface area contributed by atoms with E-state index in [9.17, 15) is 5.48 Å². The molecule has 9 aromatic rings. The number of rotatable bonds is 4. The predicted octanol–water partition coefficient (Wildman–Crippen LogP) is 11.2. The lowest BCUT2D eigenvalue weighted by atomic mass is 10.1. The van der Waals surface area contributed by atoms with Crippen LogP contribution in [0.15, 0.2) is 170 Å². The van der Waals surface area contributed by atoms with E-state index in [1.807, 2.05) is 54.6 Å². The van der Waals surface area contributed by atoms with E-state index in [2.05, 4.69) is 0 Å². The van der Waals surface area contributed by atoms with Crippen LogP contribution in [0.25, 0.3) is 77.2 Å². The van der Waals surface area contributed by atoms with Crippen LogP contribution in [0, 0.1) is 0 Å². The Hall–Kier alpha value is -5.86. The third-order valence-corrected chi connectivity index (χ3v) is 8.02. The first-order valence-electron chi connectivity index (χ1n) is 19.7. The van der Waals surface area contributed by atoms with Gasteiger partial charge in [0.25, 0.3) is 0 Å². The summed E-state index contributed by atoms with van der Waals surface area (Å²) in [4.78, 5) is 0. The second kappa shape index (κ2) is 9.86. The second-order valence-corrected chi connectivity index (χ2v) is 10.5. The molecule has 0 aliphatic heterocycles. The monoisotopic (exact) mass is 571 g/mol. The number of hydrogen-bond acceptors (Lipinski definition) is 0. The van der Waals surface area contributed by atoms with E-state index in [4.69, 9.17) is 9.60 Å². The van der Waals surface area contributed by atoms with Crippen molar-refractivity contribution in [2.45, 2.75) is 0 Å². The van der Waals surface area contributed by atoms with E-state index in [1.165, 1.54) is 16.7 Å². The maximum absolute atomic E-state index is 9.97. The van der Waals surface area contributed by atoms with Gasteiger partial charge in [-0.05, 0) is 70.6 Å². The Kier molecular flexibility index (Phi) is 3.61. The molecule has 0 aliphatic carbocycles. The summed E-state index contributed by atoms with van der Waals surface area (Å²) < 4.78 is 103. The molecule has 0 saturated heterocycles. The maximum Gasteiger partial charge on any atom is 0.0668 e. The molecule has 0 saturated carbocycles. The van der Waals surface area contributed by atoms with E-state index in [1.54, 1.807) is 41.0 Å². The highest BCUT2D eigenvalue weighted by Crippen LogP contribution is 2.40. The molecule has 0 unspecified atom stereocenters. The molecule has 9 rings (SSSR count). The van der Waals surface area contributed by atoms with Crippen LogP contribution in [0.5, 0.6) is 0 Å². The molecule has 0 radical (unpaired) electrons. The second-order valence-electron chi connectivity index (χ2n) is 10.5. The van der Waals surface area contributed by atoms with Crippen molar-refractivity contribution in [1.82, 2.24) is 9.13 Å². The Morgan fingerprint density at radius 2 is 0.864 bits per heavy atom. The summed E-state index contributed by atoms with van der Waals surface area (Å²) in [5.41, 5.74) is 4.11. The average Bonchev–Trinajstić information content (AvgIpc) is 3.72. The highest BCUT2D eigenvalue weighted by Gasteiger charge is 2.18. The molecular formula is C42H28N2. The lowest BCUT2D eigenvalue weighted by Gasteiger charge is -2.11. The van der Waals surface area contributed by atoms with Crippen LogP contribution in [0.3, 0.4) is 0 Å². The number of aromatic nitrogens is 2. The molecule has 0 atom stereocenters. The first-order valence-corrected chi connectivity index (χ1v) is 14.2. The van der Waals surface area contributed by atoms with Crippen molar-refractivity contribution in [2.24, 2.45) is 0 Å². The van der Waals surface area contributed by atoms with Crippen LogP contribution in [-0.4, -0.2) is 9.13 Å². The summed E-state index contributed by atoms with van der Waals surface area (Å²) in [7, 11) is 0. The standard InChI is InChI=1S/C42H28N2/c1-3-11-29(12-4-1)31-19-23-33(24-20-31)43-39-17-9-7-15-35(39)37-27-38-36-16-8-10-18-40(36)44(42(38)28-41(37)43)34-25-21-32(22-26-34)30-13-5-2-6-14-30/h1-28H/i1D,7D,8D,15D,16D,17D,18D,23D,24D,27D,28D. The number of hydrogen-bond donors (Lipinski definition) is 0. The molecule has 0 fully saturated rings. The molecule has 0 spiro atoms. The Labute approximate surface area is 271 Å². The summed E-state index contributed by atoms with van der Waals surface area (Å²) in [6.45, 7) is 0. The molecule has 2 aromatic heterocycles. The van der Waals surface area contributed by atoms with Gasteiger partial charge in [-0.1, -0.05) is 121 Å². The van der Waals surface area contributed by atoms with E-state index in [0.717, 1.165) is 11.1 Å².